The summed E-state index contributed by atoms with van der Waals surface area (Å²) in [6, 6.07) is 8.79. The lowest BCUT2D eigenvalue weighted by Crippen LogP contribution is -2.48. The summed E-state index contributed by atoms with van der Waals surface area (Å²) >= 11 is 0. The van der Waals surface area contributed by atoms with Gasteiger partial charge < -0.3 is 10.2 Å². The van der Waals surface area contributed by atoms with Gasteiger partial charge in [0.2, 0.25) is 0 Å². The molecule has 0 aliphatic carbocycles. The summed E-state index contributed by atoms with van der Waals surface area (Å²) in [5.74, 6) is 0.877. The monoisotopic (exact) mass is 287 g/mol. The van der Waals surface area contributed by atoms with E-state index in [1.807, 2.05) is 0 Å². The average Bonchev–Trinajstić information content (AvgIpc) is 2.52. The van der Waals surface area contributed by atoms with Gasteiger partial charge in [-0.15, -0.1) is 0 Å². The van der Waals surface area contributed by atoms with Crippen LogP contribution in [0.15, 0.2) is 24.3 Å². The molecule has 1 aromatic carbocycles. The lowest BCUT2D eigenvalue weighted by Gasteiger charge is -2.37. The van der Waals surface area contributed by atoms with Gasteiger partial charge in [-0.3, -0.25) is 4.90 Å². The fraction of sp³-hybridized carbons (Fsp3) is 0.667. The highest BCUT2D eigenvalue weighted by Crippen LogP contribution is 2.15. The van der Waals surface area contributed by atoms with Crippen LogP contribution in [0.1, 0.15) is 24.0 Å². The molecule has 2 saturated heterocycles. The largest absolute Gasteiger partial charge is 0.316 e. The van der Waals surface area contributed by atoms with Gasteiger partial charge in [0.1, 0.15) is 0 Å². The topological polar surface area (TPSA) is 18.5 Å². The molecular formula is C18H29N3. The van der Waals surface area contributed by atoms with E-state index in [0.29, 0.717) is 0 Å². The standard InChI is InChI=1S/C18H29N3/c1-16-5-2-3-7-18(16)15-21-11-9-20(10-12-21)14-17-6-4-8-19-13-17/h2-3,5,7,17,19H,4,6,8-15H2,1H3/t17-/m0/s1. The van der Waals surface area contributed by atoms with Gasteiger partial charge in [0.25, 0.3) is 0 Å². The summed E-state index contributed by atoms with van der Waals surface area (Å²) < 4.78 is 0. The second-order valence-corrected chi connectivity index (χ2v) is 6.72. The van der Waals surface area contributed by atoms with E-state index in [0.717, 1.165) is 12.5 Å². The molecule has 0 amide bonds. The van der Waals surface area contributed by atoms with E-state index >= 15 is 0 Å². The Kier molecular flexibility index (Phi) is 5.28. The fourth-order valence-corrected chi connectivity index (χ4v) is 3.60. The molecule has 0 spiro atoms. The van der Waals surface area contributed by atoms with Crippen molar-refractivity contribution in [2.24, 2.45) is 5.92 Å². The molecule has 2 heterocycles. The minimum atomic E-state index is 0.877. The first kappa shape index (κ1) is 15.0. The number of hydrogen-bond acceptors (Lipinski definition) is 3. The zero-order valence-corrected chi connectivity index (χ0v) is 13.4. The van der Waals surface area contributed by atoms with E-state index in [4.69, 9.17) is 0 Å². The third-order valence-electron chi connectivity index (χ3n) is 5.04. The smallest absolute Gasteiger partial charge is 0.0237 e. The average molecular weight is 287 g/mol. The van der Waals surface area contributed by atoms with Gasteiger partial charge in [-0.1, -0.05) is 24.3 Å². The Balaban J connectivity index is 1.43. The molecule has 1 aromatic rings. The van der Waals surface area contributed by atoms with E-state index in [-0.39, 0.29) is 0 Å². The highest BCUT2D eigenvalue weighted by Gasteiger charge is 2.21. The van der Waals surface area contributed by atoms with Gasteiger partial charge >= 0.3 is 0 Å². The molecule has 0 unspecified atom stereocenters. The summed E-state index contributed by atoms with van der Waals surface area (Å²) in [6.45, 7) is 12.0. The first-order valence-corrected chi connectivity index (χ1v) is 8.51. The van der Waals surface area contributed by atoms with Crippen molar-refractivity contribution in [1.29, 1.82) is 0 Å². The van der Waals surface area contributed by atoms with Crippen LogP contribution in [0.5, 0.6) is 0 Å². The summed E-state index contributed by atoms with van der Waals surface area (Å²) in [5.41, 5.74) is 2.91. The Hall–Kier alpha value is -0.900. The highest BCUT2D eigenvalue weighted by molar-refractivity contribution is 5.25. The zero-order chi connectivity index (χ0) is 14.5. The van der Waals surface area contributed by atoms with Crippen LogP contribution >= 0.6 is 0 Å². The molecule has 0 saturated carbocycles. The van der Waals surface area contributed by atoms with E-state index < -0.39 is 0 Å². The fourth-order valence-electron chi connectivity index (χ4n) is 3.60. The lowest BCUT2D eigenvalue weighted by molar-refractivity contribution is 0.108. The van der Waals surface area contributed by atoms with Gasteiger partial charge in [0.05, 0.1) is 0 Å². The summed E-state index contributed by atoms with van der Waals surface area (Å²) in [7, 11) is 0. The first-order valence-electron chi connectivity index (χ1n) is 8.51. The summed E-state index contributed by atoms with van der Waals surface area (Å²) in [6.07, 6.45) is 2.77. The molecule has 2 aliphatic rings. The van der Waals surface area contributed by atoms with Gasteiger partial charge in [-0.05, 0) is 49.9 Å². The minimum Gasteiger partial charge on any atom is -0.316 e. The molecule has 0 aromatic heterocycles. The van der Waals surface area contributed by atoms with Crippen LogP contribution in [0, 0.1) is 12.8 Å². The van der Waals surface area contributed by atoms with Crippen LogP contribution < -0.4 is 5.32 Å². The molecule has 21 heavy (non-hydrogen) atoms. The van der Waals surface area contributed by atoms with Crippen molar-refractivity contribution in [3.8, 4) is 0 Å². The molecule has 1 N–H and O–H groups in total. The van der Waals surface area contributed by atoms with Crippen LogP contribution in [0.4, 0.5) is 0 Å². The van der Waals surface area contributed by atoms with Gasteiger partial charge in [0.15, 0.2) is 0 Å². The second-order valence-electron chi connectivity index (χ2n) is 6.72. The van der Waals surface area contributed by atoms with Crippen molar-refractivity contribution in [3.05, 3.63) is 35.4 Å². The molecule has 0 bridgehead atoms. The number of nitrogens with one attached hydrogen (secondary N) is 1. The maximum absolute atomic E-state index is 3.53. The van der Waals surface area contributed by atoms with Crippen molar-refractivity contribution in [2.75, 3.05) is 45.8 Å². The Labute approximate surface area is 129 Å². The second kappa shape index (κ2) is 7.39. The van der Waals surface area contributed by atoms with E-state index in [1.165, 1.54) is 69.8 Å². The molecule has 1 atom stereocenters. The number of hydrogen-bond donors (Lipinski definition) is 1. The number of rotatable bonds is 4. The Bertz CT molecular complexity index is 432. The number of piperidine rings is 1. The summed E-state index contributed by atoms with van der Waals surface area (Å²) in [4.78, 5) is 5.28. The van der Waals surface area contributed by atoms with Gasteiger partial charge in [0, 0.05) is 39.3 Å². The maximum atomic E-state index is 3.53. The van der Waals surface area contributed by atoms with Gasteiger partial charge in [-0.2, -0.15) is 0 Å². The Morgan fingerprint density at radius 1 is 1.10 bits per heavy atom. The molecule has 3 nitrogen and oxygen atoms in total. The quantitative estimate of drug-likeness (QED) is 0.915. The number of piperazine rings is 1. The molecule has 116 valence electrons. The van der Waals surface area contributed by atoms with Crippen LogP contribution in [0.2, 0.25) is 0 Å². The zero-order valence-electron chi connectivity index (χ0n) is 13.4. The predicted molar refractivity (Wildman–Crippen MR) is 88.5 cm³/mol. The predicted octanol–water partition coefficient (Wildman–Crippen LogP) is 2.11. The third kappa shape index (κ3) is 4.29. The van der Waals surface area contributed by atoms with Crippen molar-refractivity contribution < 1.29 is 0 Å². The van der Waals surface area contributed by atoms with Crippen molar-refractivity contribution >= 4 is 0 Å². The van der Waals surface area contributed by atoms with Crippen LogP contribution in [-0.2, 0) is 6.54 Å². The van der Waals surface area contributed by atoms with Gasteiger partial charge in [-0.25, -0.2) is 0 Å². The maximum Gasteiger partial charge on any atom is 0.0237 e. The Morgan fingerprint density at radius 2 is 1.86 bits per heavy atom. The molecule has 3 heteroatoms. The molecule has 2 aliphatic heterocycles. The van der Waals surface area contributed by atoms with E-state index in [9.17, 15) is 0 Å². The molecule has 2 fully saturated rings. The number of nitrogens with zero attached hydrogens (tertiary/aromatic N) is 2. The van der Waals surface area contributed by atoms with Crippen molar-refractivity contribution in [2.45, 2.75) is 26.3 Å². The van der Waals surface area contributed by atoms with Crippen molar-refractivity contribution in [1.82, 2.24) is 15.1 Å². The normalized spacial score (nSPS) is 25.1. The third-order valence-corrected chi connectivity index (χ3v) is 5.04. The molecule has 3 rings (SSSR count). The number of benzene rings is 1. The minimum absolute atomic E-state index is 0.877. The Morgan fingerprint density at radius 3 is 2.57 bits per heavy atom. The van der Waals surface area contributed by atoms with E-state index in [1.54, 1.807) is 0 Å². The van der Waals surface area contributed by atoms with E-state index in [2.05, 4.69) is 46.3 Å². The highest BCUT2D eigenvalue weighted by atomic mass is 15.3. The molecular weight excluding hydrogens is 258 g/mol. The lowest BCUT2D eigenvalue weighted by atomic mass is 9.99. The molecule has 0 radical (unpaired) electrons. The van der Waals surface area contributed by atoms with Crippen LogP contribution in [-0.4, -0.2) is 55.6 Å². The number of aryl methyl sites for hydroxylation is 1. The van der Waals surface area contributed by atoms with Crippen LogP contribution in [0.3, 0.4) is 0 Å². The van der Waals surface area contributed by atoms with Crippen molar-refractivity contribution in [3.63, 3.8) is 0 Å². The SMILES string of the molecule is Cc1ccccc1CN1CCN(C[C@H]2CCCNC2)CC1. The summed E-state index contributed by atoms with van der Waals surface area (Å²) in [5, 5.41) is 3.53. The first-order chi connectivity index (χ1) is 10.3. The van der Waals surface area contributed by atoms with Crippen LogP contribution in [0.25, 0.3) is 0 Å².